The summed E-state index contributed by atoms with van der Waals surface area (Å²) in [6.07, 6.45) is 5.61. The van der Waals surface area contributed by atoms with E-state index in [4.69, 9.17) is 4.74 Å². The van der Waals surface area contributed by atoms with Crippen molar-refractivity contribution in [2.24, 2.45) is 0 Å². The van der Waals surface area contributed by atoms with Crippen molar-refractivity contribution in [1.82, 2.24) is 10.3 Å². The predicted octanol–water partition coefficient (Wildman–Crippen LogP) is 4.25. The fourth-order valence-electron chi connectivity index (χ4n) is 2.48. The number of aromatic nitrogens is 1. The Kier molecular flexibility index (Phi) is 6.26. The lowest BCUT2D eigenvalue weighted by Gasteiger charge is -2.08. The van der Waals surface area contributed by atoms with Crippen molar-refractivity contribution in [2.75, 3.05) is 0 Å². The number of nitrogens with one attached hydrogen (secondary N) is 1. The van der Waals surface area contributed by atoms with E-state index in [1.165, 1.54) is 42.6 Å². The summed E-state index contributed by atoms with van der Waals surface area (Å²) >= 11 is 0. The summed E-state index contributed by atoms with van der Waals surface area (Å²) in [5.74, 6) is -0.577. The maximum atomic E-state index is 14.2. The zero-order chi connectivity index (χ0) is 20.6. The Morgan fingerprint density at radius 2 is 2.03 bits per heavy atom. The maximum absolute atomic E-state index is 14.2. The van der Waals surface area contributed by atoms with Crippen molar-refractivity contribution in [3.8, 4) is 11.5 Å². The molecular formula is C21H16FN3O4. The molecule has 2 aromatic carbocycles. The minimum absolute atomic E-state index is 0.0457. The molecule has 7 nitrogen and oxygen atoms in total. The van der Waals surface area contributed by atoms with Gasteiger partial charge in [0.25, 0.3) is 5.69 Å². The lowest BCUT2D eigenvalue weighted by Crippen LogP contribution is -2.20. The van der Waals surface area contributed by atoms with Crippen LogP contribution in [-0.2, 0) is 11.3 Å². The number of ether oxygens (including phenoxy) is 1. The molecule has 146 valence electrons. The van der Waals surface area contributed by atoms with Gasteiger partial charge in [0.1, 0.15) is 5.75 Å². The van der Waals surface area contributed by atoms with Crippen LogP contribution < -0.4 is 10.1 Å². The predicted molar refractivity (Wildman–Crippen MR) is 105 cm³/mol. The van der Waals surface area contributed by atoms with E-state index in [0.717, 1.165) is 0 Å². The fraction of sp³-hybridized carbons (Fsp3) is 0.0476. The first-order valence-electron chi connectivity index (χ1n) is 8.58. The third kappa shape index (κ3) is 5.46. The van der Waals surface area contributed by atoms with Crippen molar-refractivity contribution < 1.29 is 18.8 Å². The number of hydrogen-bond donors (Lipinski definition) is 1. The quantitative estimate of drug-likeness (QED) is 0.368. The minimum Gasteiger partial charge on any atom is -0.453 e. The molecule has 0 atom stereocenters. The second-order valence-corrected chi connectivity index (χ2v) is 5.92. The monoisotopic (exact) mass is 393 g/mol. The number of nitrogens with zero attached hydrogens (tertiary/aromatic N) is 2. The number of halogens is 1. The molecule has 0 unspecified atom stereocenters. The minimum atomic E-state index is -0.573. The summed E-state index contributed by atoms with van der Waals surface area (Å²) in [6, 6.07) is 13.8. The van der Waals surface area contributed by atoms with E-state index in [0.29, 0.717) is 16.9 Å². The number of hydrogen-bond acceptors (Lipinski definition) is 5. The smallest absolute Gasteiger partial charge is 0.276 e. The molecule has 1 amide bonds. The van der Waals surface area contributed by atoms with Gasteiger partial charge in [-0.25, -0.2) is 4.39 Å². The van der Waals surface area contributed by atoms with Crippen LogP contribution in [-0.4, -0.2) is 15.8 Å². The molecular weight excluding hydrogens is 377 g/mol. The molecule has 0 saturated carbocycles. The molecule has 0 fully saturated rings. The number of carbonyl (C=O) groups excluding carboxylic acids is 1. The summed E-state index contributed by atoms with van der Waals surface area (Å²) in [5, 5.41) is 13.6. The summed E-state index contributed by atoms with van der Waals surface area (Å²) < 4.78 is 19.6. The van der Waals surface area contributed by atoms with E-state index in [9.17, 15) is 19.3 Å². The second kappa shape index (κ2) is 9.23. The number of nitro benzene ring substituents is 1. The fourth-order valence-corrected chi connectivity index (χ4v) is 2.48. The van der Waals surface area contributed by atoms with E-state index in [1.807, 2.05) is 0 Å². The van der Waals surface area contributed by atoms with Gasteiger partial charge >= 0.3 is 0 Å². The maximum Gasteiger partial charge on any atom is 0.276 e. The highest BCUT2D eigenvalue weighted by Crippen LogP contribution is 2.24. The van der Waals surface area contributed by atoms with Crippen LogP contribution in [0.5, 0.6) is 11.5 Å². The number of rotatable bonds is 7. The van der Waals surface area contributed by atoms with Gasteiger partial charge in [0, 0.05) is 24.9 Å². The third-order valence-electron chi connectivity index (χ3n) is 3.87. The lowest BCUT2D eigenvalue weighted by atomic mass is 10.1. The Hall–Kier alpha value is -4.07. The second-order valence-electron chi connectivity index (χ2n) is 5.92. The molecule has 0 radical (unpaired) electrons. The van der Waals surface area contributed by atoms with Crippen LogP contribution in [0.4, 0.5) is 10.1 Å². The van der Waals surface area contributed by atoms with Crippen LogP contribution in [0.1, 0.15) is 11.1 Å². The van der Waals surface area contributed by atoms with Crippen molar-refractivity contribution >= 4 is 17.7 Å². The van der Waals surface area contributed by atoms with E-state index in [1.54, 1.807) is 36.5 Å². The Bertz CT molecular complexity index is 1050. The van der Waals surface area contributed by atoms with Crippen LogP contribution in [0, 0.1) is 15.9 Å². The Morgan fingerprint density at radius 3 is 2.76 bits per heavy atom. The van der Waals surface area contributed by atoms with E-state index in [-0.39, 0.29) is 18.0 Å². The average Bonchev–Trinajstić information content (AvgIpc) is 2.73. The van der Waals surface area contributed by atoms with Gasteiger partial charge in [-0.15, -0.1) is 0 Å². The van der Waals surface area contributed by atoms with Crippen LogP contribution in [0.25, 0.3) is 6.08 Å². The summed E-state index contributed by atoms with van der Waals surface area (Å²) in [4.78, 5) is 26.3. The van der Waals surface area contributed by atoms with E-state index in [2.05, 4.69) is 10.3 Å². The normalized spacial score (nSPS) is 10.7. The first kappa shape index (κ1) is 19.7. The van der Waals surface area contributed by atoms with Crippen LogP contribution >= 0.6 is 0 Å². The first-order valence-corrected chi connectivity index (χ1v) is 8.58. The van der Waals surface area contributed by atoms with E-state index >= 15 is 0 Å². The molecule has 3 rings (SSSR count). The summed E-state index contributed by atoms with van der Waals surface area (Å²) in [5.41, 5.74) is 0.756. The van der Waals surface area contributed by atoms with E-state index < -0.39 is 16.6 Å². The number of amides is 1. The van der Waals surface area contributed by atoms with Gasteiger partial charge in [-0.2, -0.15) is 0 Å². The molecule has 0 bridgehead atoms. The highest BCUT2D eigenvalue weighted by molar-refractivity contribution is 5.92. The van der Waals surface area contributed by atoms with Gasteiger partial charge in [0.15, 0.2) is 11.6 Å². The first-order chi connectivity index (χ1) is 14.0. The van der Waals surface area contributed by atoms with Crippen LogP contribution in [0.2, 0.25) is 0 Å². The number of para-hydroxylation sites is 1. The Morgan fingerprint density at radius 1 is 1.21 bits per heavy atom. The van der Waals surface area contributed by atoms with Crippen LogP contribution in [0.3, 0.4) is 0 Å². The molecule has 1 heterocycles. The highest BCUT2D eigenvalue weighted by atomic mass is 19.1. The van der Waals surface area contributed by atoms with Crippen molar-refractivity contribution in [2.45, 2.75) is 6.54 Å². The van der Waals surface area contributed by atoms with Gasteiger partial charge in [0.05, 0.1) is 16.7 Å². The zero-order valence-corrected chi connectivity index (χ0v) is 15.1. The Labute approximate surface area is 165 Å². The van der Waals surface area contributed by atoms with Crippen molar-refractivity contribution in [1.29, 1.82) is 0 Å². The molecule has 0 saturated heterocycles. The lowest BCUT2D eigenvalue weighted by molar-refractivity contribution is -0.385. The largest absolute Gasteiger partial charge is 0.453 e. The number of carbonyl (C=O) groups is 1. The molecule has 1 aromatic heterocycles. The molecule has 0 aliphatic heterocycles. The molecule has 1 N–H and O–H groups in total. The summed E-state index contributed by atoms with van der Waals surface area (Å²) in [6.45, 7) is 0.0874. The molecule has 0 aliphatic rings. The molecule has 0 spiro atoms. The molecule has 3 aromatic rings. The zero-order valence-electron chi connectivity index (χ0n) is 15.1. The number of pyridine rings is 1. The van der Waals surface area contributed by atoms with Gasteiger partial charge in [0.2, 0.25) is 5.91 Å². The highest BCUT2D eigenvalue weighted by Gasteiger charge is 2.10. The van der Waals surface area contributed by atoms with Gasteiger partial charge < -0.3 is 10.1 Å². The molecule has 8 heteroatoms. The van der Waals surface area contributed by atoms with Crippen molar-refractivity contribution in [3.05, 3.63) is 100 Å². The number of nitro groups is 1. The SMILES string of the molecule is O=C(/C=C/c1ccccc1[N+](=O)[O-])NCc1ccc(Oc2cccnc2)c(F)c1. The topological polar surface area (TPSA) is 94.4 Å². The van der Waals surface area contributed by atoms with Gasteiger partial charge in [-0.1, -0.05) is 18.2 Å². The summed E-state index contributed by atoms with van der Waals surface area (Å²) in [7, 11) is 0. The molecule has 0 aliphatic carbocycles. The van der Waals surface area contributed by atoms with Gasteiger partial charge in [-0.05, 0) is 42.0 Å². The average molecular weight is 393 g/mol. The van der Waals surface area contributed by atoms with Crippen LogP contribution in [0.15, 0.2) is 73.1 Å². The standard InChI is InChI=1S/C21H16FN3O4/c22-18-12-15(7-9-20(18)29-17-5-3-11-23-14-17)13-24-21(26)10-8-16-4-1-2-6-19(16)25(27)28/h1-12,14H,13H2,(H,24,26)/b10-8+. The van der Waals surface area contributed by atoms with Gasteiger partial charge in [-0.3, -0.25) is 19.9 Å². The Balaban J connectivity index is 1.59. The van der Waals surface area contributed by atoms with Crippen molar-refractivity contribution in [3.63, 3.8) is 0 Å². The third-order valence-corrected chi connectivity index (χ3v) is 3.87. The molecule has 29 heavy (non-hydrogen) atoms. The number of benzene rings is 2.